The average molecular weight is 500 g/mol. The largest absolute Gasteiger partial charge is 0.357 e. The topological polar surface area (TPSA) is 73.8 Å². The number of hydrogen-bond donors (Lipinski definition) is 2. The summed E-state index contributed by atoms with van der Waals surface area (Å²) in [5.41, 5.74) is 1.33. The molecule has 1 saturated heterocycles. The lowest BCUT2D eigenvalue weighted by atomic mass is 10.1. The highest BCUT2D eigenvalue weighted by atomic mass is 127. The molecule has 0 amide bonds. The van der Waals surface area contributed by atoms with Crippen LogP contribution in [0.5, 0.6) is 0 Å². The van der Waals surface area contributed by atoms with Gasteiger partial charge in [-0.1, -0.05) is 6.92 Å². The van der Waals surface area contributed by atoms with Crippen molar-refractivity contribution in [3.63, 3.8) is 0 Å². The second-order valence-corrected chi connectivity index (χ2v) is 9.18. The fraction of sp³-hybridized carbons (Fsp3) is 0.688. The van der Waals surface area contributed by atoms with Crippen LogP contribution in [-0.2, 0) is 9.84 Å². The van der Waals surface area contributed by atoms with Crippen molar-refractivity contribution >= 4 is 51.1 Å². The summed E-state index contributed by atoms with van der Waals surface area (Å²) in [5, 5.41) is 10.9. The Morgan fingerprint density at radius 3 is 2.68 bits per heavy atom. The van der Waals surface area contributed by atoms with Crippen LogP contribution < -0.4 is 10.6 Å². The molecule has 0 saturated carbocycles. The third-order valence-corrected chi connectivity index (χ3v) is 6.45. The van der Waals surface area contributed by atoms with Crippen LogP contribution in [0, 0.1) is 0 Å². The van der Waals surface area contributed by atoms with E-state index in [0.29, 0.717) is 19.0 Å². The van der Waals surface area contributed by atoms with E-state index >= 15 is 0 Å². The number of nitrogens with one attached hydrogen (secondary N) is 2. The summed E-state index contributed by atoms with van der Waals surface area (Å²) in [4.78, 5) is 6.85. The van der Waals surface area contributed by atoms with Gasteiger partial charge in [-0.15, -0.1) is 24.0 Å². The molecule has 2 N–H and O–H groups in total. The number of thiophene rings is 1. The summed E-state index contributed by atoms with van der Waals surface area (Å²) < 4.78 is 22.9. The van der Waals surface area contributed by atoms with E-state index in [1.807, 2.05) is 0 Å². The van der Waals surface area contributed by atoms with E-state index in [1.165, 1.54) is 5.56 Å². The Morgan fingerprint density at radius 2 is 2.08 bits per heavy atom. The van der Waals surface area contributed by atoms with Gasteiger partial charge >= 0.3 is 0 Å². The van der Waals surface area contributed by atoms with Gasteiger partial charge in [0.2, 0.25) is 0 Å². The van der Waals surface area contributed by atoms with Gasteiger partial charge in [-0.2, -0.15) is 11.3 Å². The van der Waals surface area contributed by atoms with Crippen LogP contribution in [0.4, 0.5) is 0 Å². The second-order valence-electron chi connectivity index (χ2n) is 6.10. The van der Waals surface area contributed by atoms with E-state index in [-0.39, 0.29) is 35.5 Å². The van der Waals surface area contributed by atoms with Crippen LogP contribution in [0.25, 0.3) is 0 Å². The standard InChI is InChI=1S/C16H28N4O2S2.HI/c1-3-17-16(19-12-14(2)15-4-9-23-13-15)18-5-6-20-7-10-24(21,22)11-8-20;/h4,9,13-14H,3,5-8,10-12H2,1-2H3,(H2,17,18,19);1H. The predicted octanol–water partition coefficient (Wildman–Crippen LogP) is 1.76. The smallest absolute Gasteiger partial charge is 0.191 e. The number of sulfone groups is 1. The van der Waals surface area contributed by atoms with E-state index in [0.717, 1.165) is 32.1 Å². The quantitative estimate of drug-likeness (QED) is 0.339. The lowest BCUT2D eigenvalue weighted by Gasteiger charge is -2.26. The molecule has 2 rings (SSSR count). The van der Waals surface area contributed by atoms with Crippen LogP contribution in [0.1, 0.15) is 25.3 Å². The highest BCUT2D eigenvalue weighted by molar-refractivity contribution is 14.0. The maximum atomic E-state index is 11.4. The Morgan fingerprint density at radius 1 is 1.36 bits per heavy atom. The third-order valence-electron chi connectivity index (χ3n) is 4.14. The first-order valence-electron chi connectivity index (χ1n) is 8.47. The maximum absolute atomic E-state index is 11.4. The van der Waals surface area contributed by atoms with Crippen molar-refractivity contribution in [2.75, 3.05) is 50.8 Å². The number of aliphatic imine (C=N–C) groups is 1. The van der Waals surface area contributed by atoms with Gasteiger partial charge in [0, 0.05) is 45.2 Å². The molecule has 0 spiro atoms. The lowest BCUT2D eigenvalue weighted by Crippen LogP contribution is -2.46. The normalized spacial score (nSPS) is 19.0. The molecular weight excluding hydrogens is 471 g/mol. The molecule has 1 unspecified atom stereocenters. The first-order valence-corrected chi connectivity index (χ1v) is 11.2. The Hall–Kier alpha value is -0.390. The summed E-state index contributed by atoms with van der Waals surface area (Å²) in [5.74, 6) is 1.78. The van der Waals surface area contributed by atoms with Crippen molar-refractivity contribution in [2.24, 2.45) is 4.99 Å². The number of halogens is 1. The summed E-state index contributed by atoms with van der Waals surface area (Å²) in [6, 6.07) is 2.15. The Balaban J connectivity index is 0.00000312. The SMILES string of the molecule is CCNC(=NCC(C)c1ccsc1)NCCN1CCS(=O)(=O)CC1.I. The zero-order valence-corrected chi connectivity index (χ0v) is 18.9. The first-order chi connectivity index (χ1) is 11.5. The minimum atomic E-state index is -2.80. The molecule has 1 aliphatic rings. The molecule has 25 heavy (non-hydrogen) atoms. The van der Waals surface area contributed by atoms with Gasteiger partial charge in [0.1, 0.15) is 0 Å². The van der Waals surface area contributed by atoms with Crippen molar-refractivity contribution in [1.29, 1.82) is 0 Å². The molecule has 1 aromatic heterocycles. The molecule has 0 radical (unpaired) electrons. The van der Waals surface area contributed by atoms with E-state index < -0.39 is 9.84 Å². The summed E-state index contributed by atoms with van der Waals surface area (Å²) >= 11 is 1.71. The predicted molar refractivity (Wildman–Crippen MR) is 117 cm³/mol. The van der Waals surface area contributed by atoms with E-state index in [4.69, 9.17) is 0 Å². The summed E-state index contributed by atoms with van der Waals surface area (Å²) in [6.45, 7) is 8.66. The zero-order valence-electron chi connectivity index (χ0n) is 14.9. The Labute approximate surface area is 172 Å². The molecule has 1 fully saturated rings. The monoisotopic (exact) mass is 500 g/mol. The van der Waals surface area contributed by atoms with E-state index in [2.05, 4.69) is 51.2 Å². The molecule has 0 aromatic carbocycles. The van der Waals surface area contributed by atoms with Gasteiger partial charge in [0.05, 0.1) is 11.5 Å². The zero-order chi connectivity index (χ0) is 17.4. The number of guanidine groups is 1. The minimum Gasteiger partial charge on any atom is -0.357 e. The highest BCUT2D eigenvalue weighted by Gasteiger charge is 2.20. The molecule has 0 aliphatic carbocycles. The van der Waals surface area contributed by atoms with Crippen molar-refractivity contribution in [3.8, 4) is 0 Å². The molecule has 1 atom stereocenters. The lowest BCUT2D eigenvalue weighted by molar-refractivity contribution is 0.299. The first kappa shape index (κ1) is 22.7. The minimum absolute atomic E-state index is 0. The van der Waals surface area contributed by atoms with Gasteiger partial charge in [-0.3, -0.25) is 9.89 Å². The van der Waals surface area contributed by atoms with E-state index in [9.17, 15) is 8.42 Å². The van der Waals surface area contributed by atoms with Gasteiger partial charge in [-0.05, 0) is 29.3 Å². The van der Waals surface area contributed by atoms with Crippen molar-refractivity contribution in [3.05, 3.63) is 22.4 Å². The van der Waals surface area contributed by atoms with Gasteiger partial charge < -0.3 is 10.6 Å². The molecule has 0 bridgehead atoms. The van der Waals surface area contributed by atoms with Crippen LogP contribution in [0.2, 0.25) is 0 Å². The van der Waals surface area contributed by atoms with Crippen molar-refractivity contribution in [1.82, 2.24) is 15.5 Å². The molecule has 9 heteroatoms. The summed E-state index contributed by atoms with van der Waals surface area (Å²) in [7, 11) is -2.80. The highest BCUT2D eigenvalue weighted by Crippen LogP contribution is 2.18. The van der Waals surface area contributed by atoms with Crippen molar-refractivity contribution < 1.29 is 8.42 Å². The number of hydrogen-bond acceptors (Lipinski definition) is 5. The van der Waals surface area contributed by atoms with Gasteiger partial charge in [-0.25, -0.2) is 8.42 Å². The van der Waals surface area contributed by atoms with Gasteiger partial charge in [0.25, 0.3) is 0 Å². The summed E-state index contributed by atoms with van der Waals surface area (Å²) in [6.07, 6.45) is 0. The van der Waals surface area contributed by atoms with Crippen molar-refractivity contribution in [2.45, 2.75) is 19.8 Å². The molecular formula is C16H29IN4O2S2. The fourth-order valence-electron chi connectivity index (χ4n) is 2.54. The van der Waals surface area contributed by atoms with Crippen LogP contribution in [0.15, 0.2) is 21.8 Å². The van der Waals surface area contributed by atoms with Gasteiger partial charge in [0.15, 0.2) is 15.8 Å². The van der Waals surface area contributed by atoms with Crippen LogP contribution >= 0.6 is 35.3 Å². The molecule has 1 aliphatic heterocycles. The number of rotatable bonds is 7. The van der Waals surface area contributed by atoms with Crippen LogP contribution in [-0.4, -0.2) is 70.1 Å². The van der Waals surface area contributed by atoms with E-state index in [1.54, 1.807) is 11.3 Å². The molecule has 6 nitrogen and oxygen atoms in total. The fourth-order valence-corrected chi connectivity index (χ4v) is 4.60. The molecule has 144 valence electrons. The third kappa shape index (κ3) is 8.23. The second kappa shape index (κ2) is 11.3. The average Bonchev–Trinajstić information content (AvgIpc) is 3.08. The Kier molecular flexibility index (Phi) is 10.3. The number of nitrogens with zero attached hydrogens (tertiary/aromatic N) is 2. The van der Waals surface area contributed by atoms with Crippen LogP contribution in [0.3, 0.4) is 0 Å². The molecule has 2 heterocycles. The maximum Gasteiger partial charge on any atom is 0.191 e. The Bertz CT molecular complexity index is 606. The molecule has 1 aromatic rings.